The maximum atomic E-state index is 11.9. The standard InChI is InChI=1S/C18H25N5O2S2/c1-26-18-22-21-15(23(18)13-6-2-3-7-13)9-4-10-19-16(24)12-20-17(25)14-8-5-11-27-14/h5,8,11,13H,2-4,6-7,9-10,12H2,1H3,(H,19,24)(H,20,25). The average Bonchev–Trinajstić information content (AvgIpc) is 3.43. The monoisotopic (exact) mass is 407 g/mol. The Balaban J connectivity index is 1.40. The summed E-state index contributed by atoms with van der Waals surface area (Å²) in [7, 11) is 0. The number of carbonyl (C=O) groups excluding carboxylic acids is 2. The second-order valence-electron chi connectivity index (χ2n) is 6.52. The molecule has 2 N–H and O–H groups in total. The minimum Gasteiger partial charge on any atom is -0.355 e. The van der Waals surface area contributed by atoms with Crippen LogP contribution in [0.4, 0.5) is 0 Å². The molecule has 9 heteroatoms. The fourth-order valence-corrected chi connectivity index (χ4v) is 4.55. The van der Waals surface area contributed by atoms with E-state index in [9.17, 15) is 9.59 Å². The van der Waals surface area contributed by atoms with Crippen LogP contribution < -0.4 is 10.6 Å². The second-order valence-corrected chi connectivity index (χ2v) is 8.25. The van der Waals surface area contributed by atoms with E-state index in [0.717, 1.165) is 23.8 Å². The molecule has 1 fully saturated rings. The fraction of sp³-hybridized carbons (Fsp3) is 0.556. The van der Waals surface area contributed by atoms with Crippen LogP contribution in [0.3, 0.4) is 0 Å². The first-order valence-corrected chi connectivity index (χ1v) is 11.4. The van der Waals surface area contributed by atoms with Crippen LogP contribution in [0.15, 0.2) is 22.7 Å². The molecule has 1 saturated carbocycles. The first-order valence-electron chi connectivity index (χ1n) is 9.25. The molecule has 0 bridgehead atoms. The third kappa shape index (κ3) is 5.32. The molecule has 0 radical (unpaired) electrons. The van der Waals surface area contributed by atoms with Crippen LogP contribution in [0.2, 0.25) is 0 Å². The van der Waals surface area contributed by atoms with Gasteiger partial charge in [-0.25, -0.2) is 0 Å². The van der Waals surface area contributed by atoms with Gasteiger partial charge in [0.05, 0.1) is 11.4 Å². The zero-order chi connectivity index (χ0) is 19.1. The highest BCUT2D eigenvalue weighted by molar-refractivity contribution is 7.98. The molecule has 0 spiro atoms. The first kappa shape index (κ1) is 19.9. The summed E-state index contributed by atoms with van der Waals surface area (Å²) < 4.78 is 2.29. The lowest BCUT2D eigenvalue weighted by Gasteiger charge is -2.16. The first-order chi connectivity index (χ1) is 13.2. The van der Waals surface area contributed by atoms with Gasteiger partial charge in [-0.15, -0.1) is 21.5 Å². The number of hydrogen-bond donors (Lipinski definition) is 2. The zero-order valence-electron chi connectivity index (χ0n) is 15.4. The Morgan fingerprint density at radius 3 is 2.81 bits per heavy atom. The largest absolute Gasteiger partial charge is 0.355 e. The molecular weight excluding hydrogens is 382 g/mol. The molecule has 3 rings (SSSR count). The van der Waals surface area contributed by atoms with E-state index in [4.69, 9.17) is 0 Å². The summed E-state index contributed by atoms with van der Waals surface area (Å²) in [6.45, 7) is 0.547. The Morgan fingerprint density at radius 2 is 2.11 bits per heavy atom. The maximum Gasteiger partial charge on any atom is 0.261 e. The van der Waals surface area contributed by atoms with Crippen LogP contribution in [0.25, 0.3) is 0 Å². The van der Waals surface area contributed by atoms with Crippen molar-refractivity contribution in [2.45, 2.75) is 49.7 Å². The molecule has 1 aliphatic carbocycles. The van der Waals surface area contributed by atoms with Gasteiger partial charge in [-0.3, -0.25) is 9.59 Å². The molecule has 146 valence electrons. The van der Waals surface area contributed by atoms with Gasteiger partial charge in [-0.05, 0) is 37.0 Å². The van der Waals surface area contributed by atoms with E-state index in [2.05, 4.69) is 25.4 Å². The third-order valence-corrected chi connectivity index (χ3v) is 6.17. The van der Waals surface area contributed by atoms with Crippen LogP contribution in [0, 0.1) is 0 Å². The molecule has 2 aromatic rings. The quantitative estimate of drug-likeness (QED) is 0.493. The Kier molecular flexibility index (Phi) is 7.28. The van der Waals surface area contributed by atoms with Crippen molar-refractivity contribution in [2.24, 2.45) is 0 Å². The summed E-state index contributed by atoms with van der Waals surface area (Å²) in [6.07, 6.45) is 8.53. The molecule has 0 aromatic carbocycles. The minimum absolute atomic E-state index is 0.00832. The van der Waals surface area contributed by atoms with E-state index in [0.29, 0.717) is 17.5 Å². The van der Waals surface area contributed by atoms with Crippen molar-refractivity contribution < 1.29 is 9.59 Å². The van der Waals surface area contributed by atoms with Gasteiger partial charge in [-0.1, -0.05) is 30.7 Å². The van der Waals surface area contributed by atoms with Crippen molar-refractivity contribution in [3.63, 3.8) is 0 Å². The molecule has 2 heterocycles. The number of hydrogen-bond acceptors (Lipinski definition) is 6. The van der Waals surface area contributed by atoms with Gasteiger partial charge in [0.15, 0.2) is 5.16 Å². The molecule has 2 aromatic heterocycles. The summed E-state index contributed by atoms with van der Waals surface area (Å²) >= 11 is 2.99. The van der Waals surface area contributed by atoms with Crippen molar-refractivity contribution in [3.05, 3.63) is 28.2 Å². The summed E-state index contributed by atoms with van der Waals surface area (Å²) in [6, 6.07) is 4.06. The van der Waals surface area contributed by atoms with Gasteiger partial charge in [-0.2, -0.15) is 0 Å². The van der Waals surface area contributed by atoms with Crippen molar-refractivity contribution in [2.75, 3.05) is 19.3 Å². The number of aromatic nitrogens is 3. The van der Waals surface area contributed by atoms with Crippen molar-refractivity contribution in [1.82, 2.24) is 25.4 Å². The van der Waals surface area contributed by atoms with Gasteiger partial charge in [0, 0.05) is 19.0 Å². The summed E-state index contributed by atoms with van der Waals surface area (Å²) in [5, 5.41) is 17.0. The van der Waals surface area contributed by atoms with Gasteiger partial charge in [0.25, 0.3) is 5.91 Å². The summed E-state index contributed by atoms with van der Waals surface area (Å²) in [5.41, 5.74) is 0. The van der Waals surface area contributed by atoms with E-state index in [-0.39, 0.29) is 18.4 Å². The molecule has 1 aliphatic rings. The van der Waals surface area contributed by atoms with Crippen LogP contribution in [0.1, 0.15) is 53.6 Å². The maximum absolute atomic E-state index is 11.9. The number of carbonyl (C=O) groups is 2. The highest BCUT2D eigenvalue weighted by atomic mass is 32.2. The fourth-order valence-electron chi connectivity index (χ4n) is 3.34. The van der Waals surface area contributed by atoms with Gasteiger partial charge in [0.1, 0.15) is 5.82 Å². The molecule has 0 saturated heterocycles. The molecule has 7 nitrogen and oxygen atoms in total. The highest BCUT2D eigenvalue weighted by Crippen LogP contribution is 2.33. The Labute approximate surface area is 167 Å². The van der Waals surface area contributed by atoms with Crippen LogP contribution in [0.5, 0.6) is 0 Å². The predicted molar refractivity (Wildman–Crippen MR) is 107 cm³/mol. The number of nitrogens with zero attached hydrogens (tertiary/aromatic N) is 3. The average molecular weight is 408 g/mol. The highest BCUT2D eigenvalue weighted by Gasteiger charge is 2.23. The molecule has 27 heavy (non-hydrogen) atoms. The molecule has 2 amide bonds. The van der Waals surface area contributed by atoms with E-state index < -0.39 is 0 Å². The van der Waals surface area contributed by atoms with Crippen LogP contribution in [-0.4, -0.2) is 45.9 Å². The van der Waals surface area contributed by atoms with Crippen LogP contribution in [-0.2, 0) is 11.2 Å². The normalized spacial score (nSPS) is 14.4. The SMILES string of the molecule is CSc1nnc(CCCNC(=O)CNC(=O)c2cccs2)n1C1CCCC1. The molecule has 0 unspecified atom stereocenters. The van der Waals surface area contributed by atoms with Gasteiger partial charge >= 0.3 is 0 Å². The minimum atomic E-state index is -0.214. The van der Waals surface area contributed by atoms with E-state index >= 15 is 0 Å². The molecule has 0 atom stereocenters. The smallest absolute Gasteiger partial charge is 0.261 e. The number of thioether (sulfide) groups is 1. The third-order valence-electron chi connectivity index (χ3n) is 4.66. The Hall–Kier alpha value is -1.87. The van der Waals surface area contributed by atoms with Gasteiger partial charge < -0.3 is 15.2 Å². The van der Waals surface area contributed by atoms with Crippen molar-refractivity contribution >= 4 is 34.9 Å². The molecular formula is C18H25N5O2S2. The number of rotatable bonds is 9. The second kappa shape index (κ2) is 9.89. The van der Waals surface area contributed by atoms with Crippen molar-refractivity contribution in [3.8, 4) is 0 Å². The summed E-state index contributed by atoms with van der Waals surface area (Å²) in [4.78, 5) is 24.3. The van der Waals surface area contributed by atoms with E-state index in [1.54, 1.807) is 17.8 Å². The number of thiophene rings is 1. The predicted octanol–water partition coefficient (Wildman–Crippen LogP) is 2.66. The zero-order valence-corrected chi connectivity index (χ0v) is 17.1. The Morgan fingerprint density at radius 1 is 1.30 bits per heavy atom. The Bertz CT molecular complexity index is 754. The van der Waals surface area contributed by atoms with Crippen molar-refractivity contribution in [1.29, 1.82) is 0 Å². The topological polar surface area (TPSA) is 88.9 Å². The lowest BCUT2D eigenvalue weighted by atomic mass is 10.2. The van der Waals surface area contributed by atoms with E-state index in [1.165, 1.54) is 37.0 Å². The lowest BCUT2D eigenvalue weighted by molar-refractivity contribution is -0.120. The molecule has 0 aliphatic heterocycles. The number of aryl methyl sites for hydroxylation is 1. The van der Waals surface area contributed by atoms with E-state index in [1.807, 2.05) is 17.7 Å². The summed E-state index contributed by atoms with van der Waals surface area (Å²) in [5.74, 6) is 0.614. The number of nitrogens with one attached hydrogen (secondary N) is 2. The lowest BCUT2D eigenvalue weighted by Crippen LogP contribution is -2.37. The van der Waals surface area contributed by atoms with Gasteiger partial charge in [0.2, 0.25) is 5.91 Å². The number of amides is 2. The van der Waals surface area contributed by atoms with Crippen LogP contribution >= 0.6 is 23.1 Å².